The molecule has 1 saturated heterocycles. The Bertz CT molecular complexity index is 265. The molecule has 1 rings (SSSR count). The summed E-state index contributed by atoms with van der Waals surface area (Å²) in [5.74, 6) is -0.364. The molecule has 5 heteroatoms. The summed E-state index contributed by atoms with van der Waals surface area (Å²) in [5.41, 5.74) is 5.56. The van der Waals surface area contributed by atoms with E-state index < -0.39 is 0 Å². The SMILES string of the molecule is CCCC(C(=O)NCCC1CCCO1)C(N)=S. The summed E-state index contributed by atoms with van der Waals surface area (Å²) in [6, 6.07) is 0. The zero-order valence-electron chi connectivity index (χ0n) is 10.4. The predicted octanol–water partition coefficient (Wildman–Crippen LogP) is 1.37. The molecule has 0 aliphatic carbocycles. The molecule has 1 amide bonds. The summed E-state index contributed by atoms with van der Waals surface area (Å²) in [7, 11) is 0. The van der Waals surface area contributed by atoms with E-state index in [0.717, 1.165) is 38.7 Å². The molecule has 0 saturated carbocycles. The summed E-state index contributed by atoms with van der Waals surface area (Å²) in [4.78, 5) is 12.1. The van der Waals surface area contributed by atoms with Crippen molar-refractivity contribution in [1.29, 1.82) is 0 Å². The Labute approximate surface area is 108 Å². The Hall–Kier alpha value is -0.680. The minimum atomic E-state index is -0.320. The first-order valence-electron chi connectivity index (χ1n) is 6.33. The topological polar surface area (TPSA) is 64.3 Å². The van der Waals surface area contributed by atoms with Gasteiger partial charge in [0.05, 0.1) is 17.0 Å². The van der Waals surface area contributed by atoms with Gasteiger partial charge in [-0.2, -0.15) is 0 Å². The molecule has 0 aromatic carbocycles. The van der Waals surface area contributed by atoms with E-state index in [-0.39, 0.29) is 11.8 Å². The third-order valence-electron chi connectivity index (χ3n) is 3.03. The van der Waals surface area contributed by atoms with Crippen molar-refractivity contribution in [3.63, 3.8) is 0 Å². The fourth-order valence-electron chi connectivity index (χ4n) is 2.04. The normalized spacial score (nSPS) is 21.1. The van der Waals surface area contributed by atoms with Crippen molar-refractivity contribution in [3.05, 3.63) is 0 Å². The molecule has 0 spiro atoms. The molecule has 17 heavy (non-hydrogen) atoms. The molecule has 0 bridgehead atoms. The van der Waals surface area contributed by atoms with Gasteiger partial charge in [-0.1, -0.05) is 25.6 Å². The van der Waals surface area contributed by atoms with Crippen molar-refractivity contribution >= 4 is 23.1 Å². The fourth-order valence-corrected chi connectivity index (χ4v) is 2.27. The zero-order valence-corrected chi connectivity index (χ0v) is 11.2. The van der Waals surface area contributed by atoms with Crippen molar-refractivity contribution in [2.75, 3.05) is 13.2 Å². The quantitative estimate of drug-likeness (QED) is 0.677. The monoisotopic (exact) mass is 258 g/mol. The van der Waals surface area contributed by atoms with Crippen molar-refractivity contribution in [2.45, 2.75) is 45.1 Å². The van der Waals surface area contributed by atoms with Gasteiger partial charge < -0.3 is 15.8 Å². The van der Waals surface area contributed by atoms with Crippen molar-refractivity contribution < 1.29 is 9.53 Å². The highest BCUT2D eigenvalue weighted by Crippen LogP contribution is 2.14. The number of hydrogen-bond acceptors (Lipinski definition) is 3. The third-order valence-corrected chi connectivity index (χ3v) is 3.31. The van der Waals surface area contributed by atoms with Crippen LogP contribution in [-0.4, -0.2) is 30.2 Å². The lowest BCUT2D eigenvalue weighted by Crippen LogP contribution is -2.38. The Morgan fingerprint density at radius 3 is 2.94 bits per heavy atom. The van der Waals surface area contributed by atoms with Gasteiger partial charge in [0.15, 0.2) is 0 Å². The largest absolute Gasteiger partial charge is 0.393 e. The minimum absolute atomic E-state index is 0.0441. The maximum Gasteiger partial charge on any atom is 0.229 e. The summed E-state index contributed by atoms with van der Waals surface area (Å²) in [6.45, 7) is 3.52. The van der Waals surface area contributed by atoms with Crippen LogP contribution < -0.4 is 11.1 Å². The van der Waals surface area contributed by atoms with E-state index in [1.807, 2.05) is 6.92 Å². The minimum Gasteiger partial charge on any atom is -0.393 e. The maximum atomic E-state index is 11.8. The second-order valence-corrected chi connectivity index (χ2v) is 4.93. The molecule has 1 aliphatic heterocycles. The van der Waals surface area contributed by atoms with E-state index in [4.69, 9.17) is 22.7 Å². The van der Waals surface area contributed by atoms with Gasteiger partial charge in [-0.15, -0.1) is 0 Å². The van der Waals surface area contributed by atoms with E-state index in [0.29, 0.717) is 17.6 Å². The maximum absolute atomic E-state index is 11.8. The first-order chi connectivity index (χ1) is 8.15. The van der Waals surface area contributed by atoms with Crippen LogP contribution >= 0.6 is 12.2 Å². The molecule has 2 unspecified atom stereocenters. The van der Waals surface area contributed by atoms with E-state index in [1.165, 1.54) is 0 Å². The molecule has 1 heterocycles. The van der Waals surface area contributed by atoms with Crippen LogP contribution in [0.4, 0.5) is 0 Å². The molecule has 4 nitrogen and oxygen atoms in total. The van der Waals surface area contributed by atoms with Crippen LogP contribution in [0.3, 0.4) is 0 Å². The highest BCUT2D eigenvalue weighted by molar-refractivity contribution is 7.80. The zero-order chi connectivity index (χ0) is 12.7. The number of nitrogens with one attached hydrogen (secondary N) is 1. The average molecular weight is 258 g/mol. The Morgan fingerprint density at radius 1 is 1.65 bits per heavy atom. The van der Waals surface area contributed by atoms with Gasteiger partial charge in [0.2, 0.25) is 5.91 Å². The number of amides is 1. The molecule has 98 valence electrons. The first kappa shape index (κ1) is 14.4. The highest BCUT2D eigenvalue weighted by Gasteiger charge is 2.21. The molecule has 0 aromatic heterocycles. The molecule has 1 aliphatic rings. The number of nitrogens with two attached hydrogens (primary N) is 1. The highest BCUT2D eigenvalue weighted by atomic mass is 32.1. The van der Waals surface area contributed by atoms with Gasteiger partial charge in [-0.05, 0) is 25.7 Å². The number of rotatable bonds is 7. The number of carbonyl (C=O) groups excluding carboxylic acids is 1. The van der Waals surface area contributed by atoms with Crippen molar-refractivity contribution in [3.8, 4) is 0 Å². The summed E-state index contributed by atoms with van der Waals surface area (Å²) < 4.78 is 5.49. The predicted molar refractivity (Wildman–Crippen MR) is 71.8 cm³/mol. The molecular formula is C12H22N2O2S. The Kier molecular flexibility index (Phi) is 6.44. The number of ether oxygens (including phenoxy) is 1. The second kappa shape index (κ2) is 7.61. The molecular weight excluding hydrogens is 236 g/mol. The fraction of sp³-hybridized carbons (Fsp3) is 0.833. The van der Waals surface area contributed by atoms with Gasteiger partial charge in [0.1, 0.15) is 0 Å². The van der Waals surface area contributed by atoms with Crippen LogP contribution in [0.5, 0.6) is 0 Å². The van der Waals surface area contributed by atoms with E-state index in [1.54, 1.807) is 0 Å². The molecule has 3 N–H and O–H groups in total. The molecule has 2 atom stereocenters. The summed E-state index contributed by atoms with van der Waals surface area (Å²) >= 11 is 4.91. The van der Waals surface area contributed by atoms with E-state index >= 15 is 0 Å². The van der Waals surface area contributed by atoms with Crippen LogP contribution in [0.25, 0.3) is 0 Å². The van der Waals surface area contributed by atoms with Crippen LogP contribution in [0.15, 0.2) is 0 Å². The Morgan fingerprint density at radius 2 is 2.41 bits per heavy atom. The second-order valence-electron chi connectivity index (χ2n) is 4.46. The molecule has 1 fully saturated rings. The lowest BCUT2D eigenvalue weighted by atomic mass is 10.0. The van der Waals surface area contributed by atoms with Gasteiger partial charge in [0.25, 0.3) is 0 Å². The van der Waals surface area contributed by atoms with E-state index in [2.05, 4.69) is 5.32 Å². The van der Waals surface area contributed by atoms with E-state index in [9.17, 15) is 4.79 Å². The average Bonchev–Trinajstić information content (AvgIpc) is 2.78. The van der Waals surface area contributed by atoms with Gasteiger partial charge in [-0.25, -0.2) is 0 Å². The van der Waals surface area contributed by atoms with Crippen LogP contribution in [0.2, 0.25) is 0 Å². The number of hydrogen-bond donors (Lipinski definition) is 2. The Balaban J connectivity index is 2.23. The smallest absolute Gasteiger partial charge is 0.229 e. The molecule has 0 aromatic rings. The standard InChI is InChI=1S/C12H22N2O2S/c1-2-4-10(11(13)17)12(15)14-7-6-9-5-3-8-16-9/h9-10H,2-8H2,1H3,(H2,13,17)(H,14,15). The molecule has 0 radical (unpaired) electrons. The van der Waals surface area contributed by atoms with Crippen LogP contribution in [-0.2, 0) is 9.53 Å². The third kappa shape index (κ3) is 5.00. The van der Waals surface area contributed by atoms with Crippen LogP contribution in [0, 0.1) is 5.92 Å². The van der Waals surface area contributed by atoms with Gasteiger partial charge >= 0.3 is 0 Å². The summed E-state index contributed by atoms with van der Waals surface area (Å²) in [5, 5.41) is 2.89. The first-order valence-corrected chi connectivity index (χ1v) is 6.74. The van der Waals surface area contributed by atoms with Gasteiger partial charge in [-0.3, -0.25) is 4.79 Å². The number of thiocarbonyl (C=S) groups is 1. The lowest BCUT2D eigenvalue weighted by molar-refractivity contribution is -0.123. The van der Waals surface area contributed by atoms with Crippen LogP contribution in [0.1, 0.15) is 39.0 Å². The summed E-state index contributed by atoms with van der Waals surface area (Å²) in [6.07, 6.45) is 5.04. The van der Waals surface area contributed by atoms with Gasteiger partial charge in [0, 0.05) is 13.2 Å². The lowest BCUT2D eigenvalue weighted by Gasteiger charge is -2.15. The van der Waals surface area contributed by atoms with Crippen molar-refractivity contribution in [1.82, 2.24) is 5.32 Å². The number of carbonyl (C=O) groups is 1. The van der Waals surface area contributed by atoms with Crippen molar-refractivity contribution in [2.24, 2.45) is 11.7 Å².